The Bertz CT molecular complexity index is 1160. The molecule has 1 aromatic carbocycles. The van der Waals surface area contributed by atoms with Crippen LogP contribution < -0.4 is 0 Å². The minimum Gasteiger partial charge on any atom is -0.338 e. The van der Waals surface area contributed by atoms with Crippen molar-refractivity contribution < 1.29 is 9.32 Å². The van der Waals surface area contributed by atoms with Gasteiger partial charge in [0.15, 0.2) is 0 Å². The Morgan fingerprint density at radius 1 is 1.03 bits per heavy atom. The molecule has 0 N–H and O–H groups in total. The number of amides is 1. The van der Waals surface area contributed by atoms with Gasteiger partial charge in [-0.1, -0.05) is 41.1 Å². The fraction of sp³-hybridized carbons (Fsp3) is 0.261. The van der Waals surface area contributed by atoms with Gasteiger partial charge in [-0.05, 0) is 35.4 Å². The third-order valence-corrected chi connectivity index (χ3v) is 7.22. The number of piperazine rings is 1. The SMILES string of the molecule is Cc1ccc(-c2ccsc2C(=O)N2CCN(Cc3nc(-c4cccs4)no3)CC2)cc1. The van der Waals surface area contributed by atoms with Crippen molar-refractivity contribution >= 4 is 28.6 Å². The summed E-state index contributed by atoms with van der Waals surface area (Å²) >= 11 is 3.11. The van der Waals surface area contributed by atoms with Gasteiger partial charge in [-0.15, -0.1) is 22.7 Å². The van der Waals surface area contributed by atoms with Gasteiger partial charge in [0.25, 0.3) is 5.91 Å². The van der Waals surface area contributed by atoms with Crippen LogP contribution in [0.3, 0.4) is 0 Å². The summed E-state index contributed by atoms with van der Waals surface area (Å²) in [6.07, 6.45) is 0. The van der Waals surface area contributed by atoms with E-state index >= 15 is 0 Å². The monoisotopic (exact) mass is 450 g/mol. The summed E-state index contributed by atoms with van der Waals surface area (Å²) in [6, 6.07) is 14.3. The molecule has 0 unspecified atom stereocenters. The summed E-state index contributed by atoms with van der Waals surface area (Å²) in [6.45, 7) is 5.63. The third kappa shape index (κ3) is 4.32. The molecule has 0 atom stereocenters. The molecule has 1 amide bonds. The van der Waals surface area contributed by atoms with E-state index in [-0.39, 0.29) is 5.91 Å². The van der Waals surface area contributed by atoms with Gasteiger partial charge in [0.05, 0.1) is 16.3 Å². The number of hydrogen-bond donors (Lipinski definition) is 0. The number of nitrogens with zero attached hydrogens (tertiary/aromatic N) is 4. The summed E-state index contributed by atoms with van der Waals surface area (Å²) in [5, 5.41) is 8.08. The standard InChI is InChI=1S/C23H22N4O2S2/c1-16-4-6-17(7-5-16)18-8-14-31-21(18)23(28)27-11-9-26(10-12-27)15-20-24-22(25-29-20)19-3-2-13-30-19/h2-8,13-14H,9-12,15H2,1H3. The Hall–Kier alpha value is -2.81. The average Bonchev–Trinajstić information content (AvgIpc) is 3.55. The van der Waals surface area contributed by atoms with Crippen molar-refractivity contribution in [1.82, 2.24) is 19.9 Å². The Kier molecular flexibility index (Phi) is 5.67. The van der Waals surface area contributed by atoms with Crippen molar-refractivity contribution in [2.45, 2.75) is 13.5 Å². The van der Waals surface area contributed by atoms with E-state index in [0.29, 0.717) is 31.3 Å². The van der Waals surface area contributed by atoms with Crippen molar-refractivity contribution in [3.8, 4) is 21.8 Å². The highest BCUT2D eigenvalue weighted by molar-refractivity contribution is 7.13. The lowest BCUT2D eigenvalue weighted by Gasteiger charge is -2.33. The molecule has 1 aliphatic rings. The first kappa shape index (κ1) is 20.1. The molecule has 6 nitrogen and oxygen atoms in total. The Labute approximate surface area is 188 Å². The minimum atomic E-state index is 0.114. The maximum atomic E-state index is 13.2. The largest absolute Gasteiger partial charge is 0.338 e. The smallest absolute Gasteiger partial charge is 0.264 e. The fourth-order valence-corrected chi connectivity index (χ4v) is 5.24. The van der Waals surface area contributed by atoms with Crippen LogP contribution in [0.2, 0.25) is 0 Å². The van der Waals surface area contributed by atoms with Gasteiger partial charge in [0, 0.05) is 31.7 Å². The van der Waals surface area contributed by atoms with Crippen LogP contribution in [0, 0.1) is 6.92 Å². The maximum absolute atomic E-state index is 13.2. The van der Waals surface area contributed by atoms with Crippen molar-refractivity contribution in [1.29, 1.82) is 0 Å². The molecule has 1 saturated heterocycles. The molecule has 3 aromatic heterocycles. The van der Waals surface area contributed by atoms with E-state index in [4.69, 9.17) is 4.52 Å². The van der Waals surface area contributed by atoms with Gasteiger partial charge in [0.2, 0.25) is 11.7 Å². The highest BCUT2D eigenvalue weighted by Gasteiger charge is 2.26. The van der Waals surface area contributed by atoms with Gasteiger partial charge in [-0.3, -0.25) is 9.69 Å². The van der Waals surface area contributed by atoms with E-state index in [2.05, 4.69) is 46.2 Å². The predicted octanol–water partition coefficient (Wildman–Crippen LogP) is 4.79. The average molecular weight is 451 g/mol. The first-order valence-corrected chi connectivity index (χ1v) is 12.0. The number of thiophene rings is 2. The molecule has 0 aliphatic carbocycles. The van der Waals surface area contributed by atoms with Gasteiger partial charge in [0.1, 0.15) is 0 Å². The molecule has 1 aliphatic heterocycles. The normalized spacial score (nSPS) is 14.8. The lowest BCUT2D eigenvalue weighted by atomic mass is 10.0. The van der Waals surface area contributed by atoms with Crippen molar-refractivity contribution in [2.75, 3.05) is 26.2 Å². The van der Waals surface area contributed by atoms with Crippen LogP contribution in [0.5, 0.6) is 0 Å². The molecule has 4 aromatic rings. The van der Waals surface area contributed by atoms with Crippen molar-refractivity contribution in [2.24, 2.45) is 0 Å². The van der Waals surface area contributed by atoms with E-state index in [1.54, 1.807) is 11.3 Å². The van der Waals surface area contributed by atoms with E-state index in [1.165, 1.54) is 16.9 Å². The summed E-state index contributed by atoms with van der Waals surface area (Å²) < 4.78 is 5.42. The van der Waals surface area contributed by atoms with Crippen molar-refractivity contribution in [3.63, 3.8) is 0 Å². The van der Waals surface area contributed by atoms with E-state index in [0.717, 1.165) is 34.0 Å². The van der Waals surface area contributed by atoms with E-state index < -0.39 is 0 Å². The second kappa shape index (κ2) is 8.74. The zero-order valence-electron chi connectivity index (χ0n) is 17.2. The Morgan fingerprint density at radius 3 is 2.58 bits per heavy atom. The lowest BCUT2D eigenvalue weighted by molar-refractivity contribution is 0.0620. The third-order valence-electron chi connectivity index (χ3n) is 5.45. The summed E-state index contributed by atoms with van der Waals surface area (Å²) in [7, 11) is 0. The summed E-state index contributed by atoms with van der Waals surface area (Å²) in [4.78, 5) is 23.7. The number of carbonyl (C=O) groups excluding carboxylic acids is 1. The molecule has 0 bridgehead atoms. The Morgan fingerprint density at radius 2 is 1.84 bits per heavy atom. The topological polar surface area (TPSA) is 62.5 Å². The number of aromatic nitrogens is 2. The minimum absolute atomic E-state index is 0.114. The molecule has 158 valence electrons. The number of rotatable bonds is 5. The molecule has 0 spiro atoms. The fourth-order valence-electron chi connectivity index (χ4n) is 3.70. The summed E-state index contributed by atoms with van der Waals surface area (Å²) in [5.74, 6) is 1.37. The zero-order valence-corrected chi connectivity index (χ0v) is 18.8. The molecule has 0 radical (unpaired) electrons. The molecule has 8 heteroatoms. The first-order chi connectivity index (χ1) is 15.2. The van der Waals surface area contributed by atoms with Crippen LogP contribution in [0.4, 0.5) is 0 Å². The van der Waals surface area contributed by atoms with Crippen molar-refractivity contribution in [3.05, 3.63) is 69.6 Å². The molecular weight excluding hydrogens is 428 g/mol. The lowest BCUT2D eigenvalue weighted by Crippen LogP contribution is -2.48. The van der Waals surface area contributed by atoms with Gasteiger partial charge >= 0.3 is 0 Å². The Balaban J connectivity index is 1.21. The molecule has 31 heavy (non-hydrogen) atoms. The highest BCUT2D eigenvalue weighted by Crippen LogP contribution is 2.30. The zero-order chi connectivity index (χ0) is 21.2. The van der Waals surface area contributed by atoms with Gasteiger partial charge in [-0.2, -0.15) is 4.98 Å². The van der Waals surface area contributed by atoms with Gasteiger partial charge < -0.3 is 9.42 Å². The maximum Gasteiger partial charge on any atom is 0.264 e. The summed E-state index contributed by atoms with van der Waals surface area (Å²) in [5.41, 5.74) is 3.32. The van der Waals surface area contributed by atoms with Crippen LogP contribution in [0.1, 0.15) is 21.1 Å². The second-order valence-corrected chi connectivity index (χ2v) is 9.45. The van der Waals surface area contributed by atoms with E-state index in [1.807, 2.05) is 33.9 Å². The van der Waals surface area contributed by atoms with E-state index in [9.17, 15) is 4.79 Å². The number of hydrogen-bond acceptors (Lipinski definition) is 7. The van der Waals surface area contributed by atoms with Crippen LogP contribution in [-0.4, -0.2) is 52.0 Å². The molecule has 0 saturated carbocycles. The molecule has 1 fully saturated rings. The second-order valence-electron chi connectivity index (χ2n) is 7.59. The van der Waals surface area contributed by atoms with Crippen LogP contribution >= 0.6 is 22.7 Å². The predicted molar refractivity (Wildman–Crippen MR) is 123 cm³/mol. The first-order valence-electron chi connectivity index (χ1n) is 10.2. The number of aryl methyl sites for hydroxylation is 1. The number of carbonyl (C=O) groups is 1. The van der Waals surface area contributed by atoms with Crippen LogP contribution in [0.15, 0.2) is 57.7 Å². The number of benzene rings is 1. The quantitative estimate of drug-likeness (QED) is 0.437. The van der Waals surface area contributed by atoms with Crippen LogP contribution in [0.25, 0.3) is 21.8 Å². The molecule has 4 heterocycles. The van der Waals surface area contributed by atoms with Crippen LogP contribution in [-0.2, 0) is 6.54 Å². The highest BCUT2D eigenvalue weighted by atomic mass is 32.1. The molecule has 5 rings (SSSR count). The van der Waals surface area contributed by atoms with Gasteiger partial charge in [-0.25, -0.2) is 0 Å². The molecular formula is C23H22N4O2S2.